The lowest BCUT2D eigenvalue weighted by atomic mass is 10.1. The van der Waals surface area contributed by atoms with Crippen LogP contribution in [0.4, 0.5) is 0 Å². The van der Waals surface area contributed by atoms with Gasteiger partial charge < -0.3 is 4.74 Å². The maximum atomic E-state index is 12.1. The first-order valence-corrected chi connectivity index (χ1v) is 7.96. The summed E-state index contributed by atoms with van der Waals surface area (Å²) in [4.78, 5) is 13.1. The van der Waals surface area contributed by atoms with Gasteiger partial charge in [-0.05, 0) is 42.1 Å². The van der Waals surface area contributed by atoms with Crippen molar-refractivity contribution in [3.8, 4) is 5.75 Å². The molecule has 0 saturated carbocycles. The van der Waals surface area contributed by atoms with Crippen LogP contribution >= 0.6 is 11.3 Å². The first kappa shape index (κ1) is 15.2. The predicted molar refractivity (Wildman–Crippen MR) is 94.6 cm³/mol. The fraction of sp³-hybridized carbons (Fsp3) is 0.111. The SMILES string of the molecule is COc1cccc(C(=O)N/N=C/c2sc3ccccc3c2C)c1. The van der Waals surface area contributed by atoms with E-state index in [-0.39, 0.29) is 5.91 Å². The zero-order valence-corrected chi connectivity index (χ0v) is 13.7. The van der Waals surface area contributed by atoms with Crippen LogP contribution in [0.2, 0.25) is 0 Å². The maximum absolute atomic E-state index is 12.1. The fourth-order valence-corrected chi connectivity index (χ4v) is 3.38. The second-order valence-corrected chi connectivity index (χ2v) is 6.10. The summed E-state index contributed by atoms with van der Waals surface area (Å²) in [5.41, 5.74) is 4.23. The predicted octanol–water partition coefficient (Wildman–Crippen LogP) is 3.98. The van der Waals surface area contributed by atoms with E-state index in [0.29, 0.717) is 11.3 Å². The van der Waals surface area contributed by atoms with Crippen LogP contribution < -0.4 is 10.2 Å². The van der Waals surface area contributed by atoms with Gasteiger partial charge in [0.1, 0.15) is 5.75 Å². The highest BCUT2D eigenvalue weighted by Gasteiger charge is 2.07. The second-order valence-electron chi connectivity index (χ2n) is 5.02. The van der Waals surface area contributed by atoms with Gasteiger partial charge in [-0.25, -0.2) is 5.43 Å². The van der Waals surface area contributed by atoms with E-state index in [1.165, 1.54) is 15.6 Å². The molecule has 0 unspecified atom stereocenters. The van der Waals surface area contributed by atoms with E-state index in [9.17, 15) is 4.79 Å². The minimum atomic E-state index is -0.265. The van der Waals surface area contributed by atoms with Gasteiger partial charge in [-0.3, -0.25) is 4.79 Å². The molecule has 4 nitrogen and oxygen atoms in total. The Hall–Kier alpha value is -2.66. The quantitative estimate of drug-likeness (QED) is 0.583. The van der Waals surface area contributed by atoms with Crippen molar-refractivity contribution in [2.24, 2.45) is 5.10 Å². The van der Waals surface area contributed by atoms with Gasteiger partial charge in [-0.2, -0.15) is 5.10 Å². The summed E-state index contributed by atoms with van der Waals surface area (Å²) in [6, 6.07) is 15.2. The van der Waals surface area contributed by atoms with Gasteiger partial charge in [-0.1, -0.05) is 24.3 Å². The number of amides is 1. The largest absolute Gasteiger partial charge is 0.497 e. The Labute approximate surface area is 138 Å². The topological polar surface area (TPSA) is 50.7 Å². The number of fused-ring (bicyclic) bond motifs is 1. The lowest BCUT2D eigenvalue weighted by molar-refractivity contribution is 0.0955. The highest BCUT2D eigenvalue weighted by molar-refractivity contribution is 7.20. The number of carbonyl (C=O) groups is 1. The van der Waals surface area contributed by atoms with Crippen LogP contribution in [0.25, 0.3) is 10.1 Å². The molecule has 0 bridgehead atoms. The summed E-state index contributed by atoms with van der Waals surface area (Å²) >= 11 is 1.66. The third-order valence-electron chi connectivity index (χ3n) is 3.56. The number of hydrogen-bond donors (Lipinski definition) is 1. The van der Waals surface area contributed by atoms with Gasteiger partial charge >= 0.3 is 0 Å². The zero-order chi connectivity index (χ0) is 16.2. The number of aryl methyl sites for hydroxylation is 1. The third-order valence-corrected chi connectivity index (χ3v) is 4.77. The monoisotopic (exact) mass is 324 g/mol. The van der Waals surface area contributed by atoms with Crippen LogP contribution in [0.1, 0.15) is 20.8 Å². The minimum Gasteiger partial charge on any atom is -0.497 e. The molecule has 116 valence electrons. The van der Waals surface area contributed by atoms with Crippen molar-refractivity contribution in [1.29, 1.82) is 0 Å². The molecule has 1 N–H and O–H groups in total. The van der Waals surface area contributed by atoms with Crippen molar-refractivity contribution in [2.75, 3.05) is 7.11 Å². The molecule has 0 aliphatic rings. The highest BCUT2D eigenvalue weighted by Crippen LogP contribution is 2.29. The van der Waals surface area contributed by atoms with Gasteiger partial charge in [0.15, 0.2) is 0 Å². The Kier molecular flexibility index (Phi) is 4.39. The number of nitrogens with one attached hydrogen (secondary N) is 1. The van der Waals surface area contributed by atoms with Gasteiger partial charge in [0.2, 0.25) is 0 Å². The van der Waals surface area contributed by atoms with E-state index < -0.39 is 0 Å². The molecule has 0 radical (unpaired) electrons. The van der Waals surface area contributed by atoms with E-state index >= 15 is 0 Å². The zero-order valence-electron chi connectivity index (χ0n) is 12.9. The number of rotatable bonds is 4. The van der Waals surface area contributed by atoms with Crippen molar-refractivity contribution in [2.45, 2.75) is 6.92 Å². The molecule has 1 heterocycles. The van der Waals surface area contributed by atoms with E-state index in [1.54, 1.807) is 48.9 Å². The van der Waals surface area contributed by atoms with Gasteiger partial charge in [-0.15, -0.1) is 11.3 Å². The van der Waals surface area contributed by atoms with Gasteiger partial charge in [0.05, 0.1) is 18.2 Å². The Bertz CT molecular complexity index is 884. The van der Waals surface area contributed by atoms with Crippen LogP contribution in [-0.4, -0.2) is 19.2 Å². The molecule has 3 rings (SSSR count). The van der Waals surface area contributed by atoms with Crippen LogP contribution in [-0.2, 0) is 0 Å². The lowest BCUT2D eigenvalue weighted by Crippen LogP contribution is -2.17. The van der Waals surface area contributed by atoms with Crippen molar-refractivity contribution >= 4 is 33.5 Å². The molecule has 1 aromatic heterocycles. The van der Waals surface area contributed by atoms with Crippen molar-refractivity contribution < 1.29 is 9.53 Å². The molecule has 2 aromatic carbocycles. The standard InChI is InChI=1S/C18H16N2O2S/c1-12-15-8-3-4-9-16(15)23-17(12)11-19-20-18(21)13-6-5-7-14(10-13)22-2/h3-11H,1-2H3,(H,20,21)/b19-11+. The van der Waals surface area contributed by atoms with Crippen molar-refractivity contribution in [1.82, 2.24) is 5.43 Å². The molecule has 0 aliphatic heterocycles. The van der Waals surface area contributed by atoms with Crippen molar-refractivity contribution in [3.63, 3.8) is 0 Å². The van der Waals surface area contributed by atoms with E-state index in [4.69, 9.17) is 4.74 Å². The maximum Gasteiger partial charge on any atom is 0.271 e. The second kappa shape index (κ2) is 6.62. The van der Waals surface area contributed by atoms with Crippen LogP contribution in [0.5, 0.6) is 5.75 Å². The van der Waals surface area contributed by atoms with Crippen LogP contribution in [0.3, 0.4) is 0 Å². The highest BCUT2D eigenvalue weighted by atomic mass is 32.1. The number of methoxy groups -OCH3 is 1. The summed E-state index contributed by atoms with van der Waals surface area (Å²) in [5, 5.41) is 5.29. The summed E-state index contributed by atoms with van der Waals surface area (Å²) in [5.74, 6) is 0.376. The van der Waals surface area contributed by atoms with E-state index in [0.717, 1.165) is 4.88 Å². The number of carbonyl (C=O) groups excluding carboxylic acids is 1. The Morgan fingerprint density at radius 1 is 1.22 bits per heavy atom. The normalized spacial score (nSPS) is 11.0. The average molecular weight is 324 g/mol. The minimum absolute atomic E-state index is 0.265. The Morgan fingerprint density at radius 2 is 2.04 bits per heavy atom. The first-order valence-electron chi connectivity index (χ1n) is 7.14. The molecule has 0 saturated heterocycles. The number of ether oxygens (including phenoxy) is 1. The van der Waals surface area contributed by atoms with E-state index in [1.807, 2.05) is 12.1 Å². The van der Waals surface area contributed by atoms with E-state index in [2.05, 4.69) is 29.6 Å². The fourth-order valence-electron chi connectivity index (χ4n) is 2.29. The van der Waals surface area contributed by atoms with Crippen LogP contribution in [0, 0.1) is 6.92 Å². The molecule has 23 heavy (non-hydrogen) atoms. The summed E-state index contributed by atoms with van der Waals surface area (Å²) < 4.78 is 6.32. The van der Waals surface area contributed by atoms with Gasteiger partial charge in [0.25, 0.3) is 5.91 Å². The Balaban J connectivity index is 1.74. The number of benzene rings is 2. The molecule has 0 aliphatic carbocycles. The molecular weight excluding hydrogens is 308 g/mol. The lowest BCUT2D eigenvalue weighted by Gasteiger charge is -2.02. The molecule has 0 fully saturated rings. The summed E-state index contributed by atoms with van der Waals surface area (Å²) in [6.07, 6.45) is 1.69. The third kappa shape index (κ3) is 3.24. The van der Waals surface area contributed by atoms with Crippen molar-refractivity contribution in [3.05, 3.63) is 64.5 Å². The molecule has 5 heteroatoms. The molecule has 0 spiro atoms. The average Bonchev–Trinajstić information content (AvgIpc) is 2.91. The molecule has 0 atom stereocenters. The molecule has 1 amide bonds. The smallest absolute Gasteiger partial charge is 0.271 e. The number of thiophene rings is 1. The Morgan fingerprint density at radius 3 is 2.83 bits per heavy atom. The number of hydrogen-bond acceptors (Lipinski definition) is 4. The number of nitrogens with zero attached hydrogens (tertiary/aromatic N) is 1. The van der Waals surface area contributed by atoms with Gasteiger partial charge in [0, 0.05) is 10.3 Å². The summed E-state index contributed by atoms with van der Waals surface area (Å²) in [6.45, 7) is 2.06. The molecular formula is C18H16N2O2S. The van der Waals surface area contributed by atoms with Crippen LogP contribution in [0.15, 0.2) is 53.6 Å². The molecule has 3 aromatic rings. The number of hydrazone groups is 1. The first-order chi connectivity index (χ1) is 11.2. The summed E-state index contributed by atoms with van der Waals surface area (Å²) in [7, 11) is 1.57.